The summed E-state index contributed by atoms with van der Waals surface area (Å²) in [7, 11) is 0. The van der Waals surface area contributed by atoms with E-state index in [0.29, 0.717) is 15.8 Å². The van der Waals surface area contributed by atoms with Gasteiger partial charge in [-0.2, -0.15) is 5.10 Å². The summed E-state index contributed by atoms with van der Waals surface area (Å²) >= 11 is 6.98. The van der Waals surface area contributed by atoms with E-state index < -0.39 is 5.91 Å². The van der Waals surface area contributed by atoms with Gasteiger partial charge in [0.1, 0.15) is 5.15 Å². The topological polar surface area (TPSA) is 73.8 Å². The fraction of sp³-hybridized carbons (Fsp3) is 0. The molecule has 1 amide bonds. The number of hydrogen-bond donors (Lipinski definition) is 1. The third-order valence-electron chi connectivity index (χ3n) is 1.53. The molecule has 2 aromatic rings. The first-order chi connectivity index (χ1) is 6.66. The quantitative estimate of drug-likeness (QED) is 0.836. The van der Waals surface area contributed by atoms with Crippen LogP contribution in [0.25, 0.3) is 5.13 Å². The lowest BCUT2D eigenvalue weighted by Crippen LogP contribution is -2.09. The van der Waals surface area contributed by atoms with Crippen LogP contribution in [-0.2, 0) is 0 Å². The Kier molecular flexibility index (Phi) is 2.22. The molecule has 2 aromatic heterocycles. The van der Waals surface area contributed by atoms with Crippen LogP contribution in [0.15, 0.2) is 17.8 Å². The normalized spacial score (nSPS) is 10.4. The predicted molar refractivity (Wildman–Crippen MR) is 52.8 cm³/mol. The number of nitrogens with zero attached hydrogens (tertiary/aromatic N) is 3. The number of carbonyl (C=O) groups excluding carboxylic acids is 1. The van der Waals surface area contributed by atoms with E-state index in [1.807, 2.05) is 0 Å². The molecule has 0 aliphatic heterocycles. The molecule has 0 aliphatic carbocycles. The molecule has 0 saturated heterocycles. The van der Waals surface area contributed by atoms with Crippen LogP contribution in [-0.4, -0.2) is 20.7 Å². The van der Waals surface area contributed by atoms with Crippen molar-refractivity contribution in [2.75, 3.05) is 0 Å². The van der Waals surface area contributed by atoms with Gasteiger partial charge in [-0.1, -0.05) is 11.6 Å². The predicted octanol–water partition coefficient (Wildman–Crippen LogP) is 1.08. The average molecular weight is 229 g/mol. The molecule has 7 heteroatoms. The maximum absolute atomic E-state index is 10.8. The largest absolute Gasteiger partial charge is 0.366 e. The van der Waals surface area contributed by atoms with Crippen LogP contribution in [0.5, 0.6) is 0 Å². The molecule has 0 spiro atoms. The second-order valence-electron chi connectivity index (χ2n) is 2.49. The Balaban J connectivity index is 2.38. The summed E-state index contributed by atoms with van der Waals surface area (Å²) in [6.45, 7) is 0. The van der Waals surface area contributed by atoms with Crippen LogP contribution in [0.3, 0.4) is 0 Å². The summed E-state index contributed by atoms with van der Waals surface area (Å²) in [5.41, 5.74) is 5.42. The minimum absolute atomic E-state index is 0.344. The molecule has 5 nitrogen and oxygen atoms in total. The van der Waals surface area contributed by atoms with E-state index in [4.69, 9.17) is 17.3 Å². The number of halogens is 1. The standard InChI is InChI=1S/C7H5ClN4OS/c8-5-3-14-7(11-5)12-2-4(1-10-12)6(9)13/h1-3H,(H2,9,13). The zero-order valence-corrected chi connectivity index (χ0v) is 8.42. The highest BCUT2D eigenvalue weighted by molar-refractivity contribution is 7.12. The highest BCUT2D eigenvalue weighted by Gasteiger charge is 2.07. The van der Waals surface area contributed by atoms with E-state index in [0.717, 1.165) is 0 Å². The van der Waals surface area contributed by atoms with Crippen molar-refractivity contribution in [1.82, 2.24) is 14.8 Å². The molecule has 0 aromatic carbocycles. The van der Waals surface area contributed by atoms with Gasteiger partial charge in [0, 0.05) is 11.6 Å². The number of hydrogen-bond acceptors (Lipinski definition) is 4. The SMILES string of the molecule is NC(=O)c1cnn(-c2nc(Cl)cs2)c1. The second kappa shape index (κ2) is 3.39. The molecule has 0 atom stereocenters. The number of carbonyl (C=O) groups is 1. The maximum Gasteiger partial charge on any atom is 0.251 e. The smallest absolute Gasteiger partial charge is 0.251 e. The molecule has 2 N–H and O–H groups in total. The van der Waals surface area contributed by atoms with Crippen LogP contribution in [0.1, 0.15) is 10.4 Å². The summed E-state index contributed by atoms with van der Waals surface area (Å²) in [4.78, 5) is 14.8. The lowest BCUT2D eigenvalue weighted by atomic mass is 10.4. The van der Waals surface area contributed by atoms with Gasteiger partial charge in [0.15, 0.2) is 0 Å². The molecule has 0 radical (unpaired) electrons. The number of nitrogens with two attached hydrogens (primary N) is 1. The maximum atomic E-state index is 10.8. The van der Waals surface area contributed by atoms with E-state index in [1.165, 1.54) is 28.4 Å². The van der Waals surface area contributed by atoms with Gasteiger partial charge in [0.2, 0.25) is 5.13 Å². The van der Waals surface area contributed by atoms with Crippen molar-refractivity contribution >= 4 is 28.8 Å². The molecule has 2 rings (SSSR count). The minimum atomic E-state index is -0.515. The van der Waals surface area contributed by atoms with Crippen molar-refractivity contribution in [3.8, 4) is 5.13 Å². The zero-order valence-electron chi connectivity index (χ0n) is 6.85. The first-order valence-corrected chi connectivity index (χ1v) is 4.88. The highest BCUT2D eigenvalue weighted by atomic mass is 35.5. The fourth-order valence-corrected chi connectivity index (χ4v) is 1.78. The fourth-order valence-electron chi connectivity index (χ4n) is 0.905. The zero-order chi connectivity index (χ0) is 10.1. The van der Waals surface area contributed by atoms with E-state index in [9.17, 15) is 4.79 Å². The molecule has 0 aliphatic rings. The summed E-state index contributed by atoms with van der Waals surface area (Å²) in [5.74, 6) is -0.515. The molecular formula is C7H5ClN4OS. The third kappa shape index (κ3) is 1.61. The first kappa shape index (κ1) is 9.17. The number of primary amides is 1. The molecule has 14 heavy (non-hydrogen) atoms. The van der Waals surface area contributed by atoms with Crippen molar-refractivity contribution in [2.45, 2.75) is 0 Å². The van der Waals surface area contributed by atoms with Crippen LogP contribution < -0.4 is 5.73 Å². The van der Waals surface area contributed by atoms with Gasteiger partial charge < -0.3 is 5.73 Å². The highest BCUT2D eigenvalue weighted by Crippen LogP contribution is 2.17. The van der Waals surface area contributed by atoms with E-state index in [1.54, 1.807) is 5.38 Å². The summed E-state index contributed by atoms with van der Waals surface area (Å²) in [5, 5.41) is 6.61. The lowest BCUT2D eigenvalue weighted by molar-refractivity contribution is 0.100. The van der Waals surface area contributed by atoms with Gasteiger partial charge in [-0.25, -0.2) is 9.67 Å². The molecule has 0 saturated carbocycles. The van der Waals surface area contributed by atoms with E-state index in [2.05, 4.69) is 10.1 Å². The van der Waals surface area contributed by atoms with Crippen molar-refractivity contribution in [1.29, 1.82) is 0 Å². The number of rotatable bonds is 2. The minimum Gasteiger partial charge on any atom is -0.366 e. The summed E-state index contributed by atoms with van der Waals surface area (Å²) < 4.78 is 1.46. The summed E-state index contributed by atoms with van der Waals surface area (Å²) in [6, 6.07) is 0. The Bertz CT molecular complexity index is 477. The Morgan fingerprint density at radius 2 is 2.43 bits per heavy atom. The van der Waals surface area contributed by atoms with Crippen LogP contribution in [0.2, 0.25) is 5.15 Å². The Hall–Kier alpha value is -1.40. The Morgan fingerprint density at radius 3 is 2.93 bits per heavy atom. The monoisotopic (exact) mass is 228 g/mol. The van der Waals surface area contributed by atoms with E-state index >= 15 is 0 Å². The van der Waals surface area contributed by atoms with Crippen LogP contribution in [0.4, 0.5) is 0 Å². The van der Waals surface area contributed by atoms with Gasteiger partial charge in [0.25, 0.3) is 5.91 Å². The van der Waals surface area contributed by atoms with Crippen molar-refractivity contribution in [3.05, 3.63) is 28.5 Å². The number of aromatic nitrogens is 3. The van der Waals surface area contributed by atoms with Crippen molar-refractivity contribution in [2.24, 2.45) is 5.73 Å². The third-order valence-corrected chi connectivity index (χ3v) is 2.68. The van der Waals surface area contributed by atoms with Gasteiger partial charge in [-0.15, -0.1) is 11.3 Å². The van der Waals surface area contributed by atoms with Crippen LogP contribution >= 0.6 is 22.9 Å². The van der Waals surface area contributed by atoms with Crippen LogP contribution in [0, 0.1) is 0 Å². The number of amides is 1. The molecule has 72 valence electrons. The van der Waals surface area contributed by atoms with Crippen molar-refractivity contribution < 1.29 is 4.79 Å². The first-order valence-electron chi connectivity index (χ1n) is 3.62. The molecule has 0 fully saturated rings. The van der Waals surface area contributed by atoms with Gasteiger partial charge in [0.05, 0.1) is 11.8 Å². The molecular weight excluding hydrogens is 224 g/mol. The summed E-state index contributed by atoms with van der Waals surface area (Å²) in [6.07, 6.45) is 2.90. The van der Waals surface area contributed by atoms with E-state index in [-0.39, 0.29) is 0 Å². The average Bonchev–Trinajstić information content (AvgIpc) is 2.70. The molecule has 0 bridgehead atoms. The van der Waals surface area contributed by atoms with Crippen molar-refractivity contribution in [3.63, 3.8) is 0 Å². The molecule has 2 heterocycles. The lowest BCUT2D eigenvalue weighted by Gasteiger charge is -1.91. The number of thiazole rings is 1. The van der Waals surface area contributed by atoms with Gasteiger partial charge in [-0.05, 0) is 0 Å². The Morgan fingerprint density at radius 1 is 1.64 bits per heavy atom. The molecule has 0 unspecified atom stereocenters. The van der Waals surface area contributed by atoms with Gasteiger partial charge in [-0.3, -0.25) is 4.79 Å². The second-order valence-corrected chi connectivity index (χ2v) is 3.71. The Labute approximate surface area is 88.1 Å². The van der Waals surface area contributed by atoms with Gasteiger partial charge >= 0.3 is 0 Å².